The molecule has 1 aliphatic rings. The second kappa shape index (κ2) is 13.4. The Hall–Kier alpha value is -3.51. The average molecular weight is 688 g/mol. The van der Waals surface area contributed by atoms with Crippen LogP contribution in [0.15, 0.2) is 59.5 Å². The monoisotopic (exact) mass is 687 g/mol. The second-order valence-electron chi connectivity index (χ2n) is 9.53. The van der Waals surface area contributed by atoms with Gasteiger partial charge in [-0.25, -0.2) is 4.79 Å². The van der Waals surface area contributed by atoms with Gasteiger partial charge in [0.15, 0.2) is 11.5 Å². The summed E-state index contributed by atoms with van der Waals surface area (Å²) in [6, 6.07) is 16.0. The van der Waals surface area contributed by atoms with Crippen LogP contribution in [0.2, 0.25) is 0 Å². The fourth-order valence-electron chi connectivity index (χ4n) is 4.14. The van der Waals surface area contributed by atoms with Crippen molar-refractivity contribution in [2.45, 2.75) is 26.7 Å². The number of halogens is 1. The number of rotatable bonds is 10. The fraction of sp³-hybridized carbons (Fsp3) is 0.258. The zero-order chi connectivity index (χ0) is 29.7. The predicted octanol–water partition coefficient (Wildman–Crippen LogP) is 7.07. The topological polar surface area (TPSA) is 91.4 Å². The minimum atomic E-state index is -0.550. The predicted molar refractivity (Wildman–Crippen MR) is 167 cm³/mol. The van der Waals surface area contributed by atoms with Gasteiger partial charge >= 0.3 is 5.97 Å². The van der Waals surface area contributed by atoms with Crippen LogP contribution >= 0.6 is 34.4 Å². The summed E-state index contributed by atoms with van der Waals surface area (Å²) in [5, 5.41) is -0.357. The summed E-state index contributed by atoms with van der Waals surface area (Å²) in [6.45, 7) is 6.49. The van der Waals surface area contributed by atoms with E-state index in [4.69, 9.17) is 18.9 Å². The number of nitrogens with zero attached hydrogens (tertiary/aromatic N) is 1. The van der Waals surface area contributed by atoms with Crippen molar-refractivity contribution < 1.29 is 33.3 Å². The van der Waals surface area contributed by atoms with Crippen LogP contribution in [0.25, 0.3) is 6.08 Å². The van der Waals surface area contributed by atoms with Gasteiger partial charge in [0.1, 0.15) is 18.1 Å². The molecule has 4 rings (SSSR count). The number of benzene rings is 3. The van der Waals surface area contributed by atoms with Crippen LogP contribution in [-0.4, -0.2) is 49.4 Å². The average Bonchev–Trinajstić information content (AvgIpc) is 3.21. The summed E-state index contributed by atoms with van der Waals surface area (Å²) in [6.07, 6.45) is 1.63. The second-order valence-corrected chi connectivity index (χ2v) is 11.7. The Balaban J connectivity index is 1.46. The summed E-state index contributed by atoms with van der Waals surface area (Å²) in [5.74, 6) is 1.30. The molecule has 2 amide bonds. The number of methoxy groups -OCH3 is 2. The molecule has 10 heteroatoms. The third-order valence-electron chi connectivity index (χ3n) is 6.31. The molecule has 0 unspecified atom stereocenters. The molecule has 0 radical (unpaired) electrons. The van der Waals surface area contributed by atoms with E-state index in [1.54, 1.807) is 49.6 Å². The molecule has 3 aromatic rings. The molecule has 0 N–H and O–H groups in total. The van der Waals surface area contributed by atoms with Gasteiger partial charge in [-0.2, -0.15) is 0 Å². The Kier molecular flexibility index (Phi) is 9.98. The molecule has 0 bridgehead atoms. The number of hydrogen-bond donors (Lipinski definition) is 0. The molecule has 0 saturated carbocycles. The third kappa shape index (κ3) is 7.23. The van der Waals surface area contributed by atoms with E-state index in [0.29, 0.717) is 26.2 Å². The van der Waals surface area contributed by atoms with Crippen molar-refractivity contribution in [3.05, 3.63) is 85.3 Å². The first-order valence-electron chi connectivity index (χ1n) is 12.8. The molecule has 8 nitrogen and oxygen atoms in total. The molecule has 41 heavy (non-hydrogen) atoms. The van der Waals surface area contributed by atoms with Crippen molar-refractivity contribution in [2.24, 2.45) is 0 Å². The maximum Gasteiger partial charge on any atom is 0.343 e. The van der Waals surface area contributed by atoms with Crippen LogP contribution in [0.5, 0.6) is 23.0 Å². The number of thioether (sulfide) groups is 1. The van der Waals surface area contributed by atoms with Gasteiger partial charge in [-0.15, -0.1) is 0 Å². The smallest absolute Gasteiger partial charge is 0.343 e. The lowest BCUT2D eigenvalue weighted by atomic mass is 10.0. The summed E-state index contributed by atoms with van der Waals surface area (Å²) in [4.78, 5) is 40.0. The Morgan fingerprint density at radius 1 is 1.00 bits per heavy atom. The highest BCUT2D eigenvalue weighted by Gasteiger charge is 2.35. The summed E-state index contributed by atoms with van der Waals surface area (Å²) in [7, 11) is 3.01. The Morgan fingerprint density at radius 3 is 2.39 bits per heavy atom. The molecule has 1 saturated heterocycles. The van der Waals surface area contributed by atoms with E-state index in [9.17, 15) is 14.4 Å². The number of amides is 2. The van der Waals surface area contributed by atoms with Gasteiger partial charge in [0.25, 0.3) is 11.1 Å². The Labute approximate surface area is 257 Å². The summed E-state index contributed by atoms with van der Waals surface area (Å²) in [5.41, 5.74) is 3.13. The SMILES string of the molecule is COc1ccc(C(=O)Oc2c(I)cc(/C=C3\SC(=O)N(CCOc4cc(C)ccc4C(C)C)C3=O)cc2OC)cc1. The van der Waals surface area contributed by atoms with Gasteiger partial charge in [0, 0.05) is 0 Å². The van der Waals surface area contributed by atoms with E-state index in [1.807, 2.05) is 47.7 Å². The number of carbonyl (C=O) groups excluding carboxylic acids is 3. The van der Waals surface area contributed by atoms with Gasteiger partial charge in [-0.1, -0.05) is 26.0 Å². The lowest BCUT2D eigenvalue weighted by Crippen LogP contribution is -2.32. The van der Waals surface area contributed by atoms with Gasteiger partial charge in [0.05, 0.1) is 34.8 Å². The van der Waals surface area contributed by atoms with E-state index in [-0.39, 0.29) is 40.9 Å². The molecule has 0 aliphatic carbocycles. The van der Waals surface area contributed by atoms with Crippen LogP contribution < -0.4 is 18.9 Å². The Bertz CT molecular complexity index is 1500. The Morgan fingerprint density at radius 2 is 1.73 bits per heavy atom. The standard InChI is InChI=1S/C31H30INO7S/c1-18(2)23-11-6-19(3)14-25(23)39-13-12-33-29(34)27(41-31(33)36)17-20-15-24(32)28(26(16-20)38-5)40-30(35)21-7-9-22(37-4)10-8-21/h6-11,14-18H,12-13H2,1-5H3/b27-17-. The van der Waals surface area contributed by atoms with Crippen molar-refractivity contribution in [2.75, 3.05) is 27.4 Å². The molecule has 3 aromatic carbocycles. The minimum Gasteiger partial charge on any atom is -0.497 e. The molecule has 0 aromatic heterocycles. The quantitative estimate of drug-likeness (QED) is 0.0968. The molecule has 0 atom stereocenters. The van der Waals surface area contributed by atoms with Crippen molar-refractivity contribution in [3.63, 3.8) is 0 Å². The maximum absolute atomic E-state index is 13.1. The van der Waals surface area contributed by atoms with E-state index in [2.05, 4.69) is 13.8 Å². The lowest BCUT2D eigenvalue weighted by molar-refractivity contribution is -0.123. The minimum absolute atomic E-state index is 0.134. The highest BCUT2D eigenvalue weighted by molar-refractivity contribution is 14.1. The highest BCUT2D eigenvalue weighted by Crippen LogP contribution is 2.38. The van der Waals surface area contributed by atoms with Crippen LogP contribution in [0.3, 0.4) is 0 Å². The molecule has 214 valence electrons. The summed E-state index contributed by atoms with van der Waals surface area (Å²) >= 11 is 2.91. The van der Waals surface area contributed by atoms with Gasteiger partial charge in [-0.05, 0) is 112 Å². The van der Waals surface area contributed by atoms with Gasteiger partial charge < -0.3 is 18.9 Å². The van der Waals surface area contributed by atoms with E-state index in [0.717, 1.165) is 28.6 Å². The van der Waals surface area contributed by atoms with Crippen LogP contribution in [0.1, 0.15) is 46.8 Å². The maximum atomic E-state index is 13.1. The van der Waals surface area contributed by atoms with E-state index >= 15 is 0 Å². The van der Waals surface area contributed by atoms with Crippen molar-refractivity contribution in [3.8, 4) is 23.0 Å². The number of aryl methyl sites for hydroxylation is 1. The third-order valence-corrected chi connectivity index (χ3v) is 8.02. The first-order valence-corrected chi connectivity index (χ1v) is 14.7. The van der Waals surface area contributed by atoms with Gasteiger partial charge in [-0.3, -0.25) is 14.5 Å². The zero-order valence-electron chi connectivity index (χ0n) is 23.4. The normalized spacial score (nSPS) is 14.1. The van der Waals surface area contributed by atoms with Crippen molar-refractivity contribution >= 4 is 57.5 Å². The van der Waals surface area contributed by atoms with Crippen molar-refractivity contribution in [1.29, 1.82) is 0 Å². The van der Waals surface area contributed by atoms with E-state index < -0.39 is 5.97 Å². The van der Waals surface area contributed by atoms with Crippen LogP contribution in [0.4, 0.5) is 4.79 Å². The number of ether oxygens (including phenoxy) is 4. The molecular weight excluding hydrogens is 657 g/mol. The number of hydrogen-bond acceptors (Lipinski definition) is 8. The molecule has 1 fully saturated rings. The van der Waals surface area contributed by atoms with Crippen LogP contribution in [-0.2, 0) is 4.79 Å². The fourth-order valence-corrected chi connectivity index (χ4v) is 5.74. The lowest BCUT2D eigenvalue weighted by Gasteiger charge is -2.17. The first kappa shape index (κ1) is 30.4. The largest absolute Gasteiger partial charge is 0.497 e. The molecular formula is C31H30INO7S. The zero-order valence-corrected chi connectivity index (χ0v) is 26.3. The molecule has 1 heterocycles. The number of esters is 1. The van der Waals surface area contributed by atoms with Crippen molar-refractivity contribution in [1.82, 2.24) is 4.90 Å². The summed E-state index contributed by atoms with van der Waals surface area (Å²) < 4.78 is 22.8. The van der Waals surface area contributed by atoms with Crippen LogP contribution in [0, 0.1) is 10.5 Å². The van der Waals surface area contributed by atoms with Gasteiger partial charge in [0.2, 0.25) is 0 Å². The molecule has 1 aliphatic heterocycles. The molecule has 0 spiro atoms. The number of imide groups is 1. The number of carbonyl (C=O) groups is 3. The first-order chi connectivity index (χ1) is 19.6. The highest BCUT2D eigenvalue weighted by atomic mass is 127. The van der Waals surface area contributed by atoms with E-state index in [1.165, 1.54) is 12.0 Å².